The Labute approximate surface area is 102 Å². The van der Waals surface area contributed by atoms with Gasteiger partial charge in [0.15, 0.2) is 0 Å². The van der Waals surface area contributed by atoms with Gasteiger partial charge in [-0.05, 0) is 24.9 Å². The van der Waals surface area contributed by atoms with Crippen molar-refractivity contribution in [2.45, 2.75) is 13.3 Å². The molecule has 0 aromatic carbocycles. The molecule has 17 heavy (non-hydrogen) atoms. The molecule has 2 rings (SSSR count). The van der Waals surface area contributed by atoms with Gasteiger partial charge in [0.25, 0.3) is 0 Å². The maximum Gasteiger partial charge on any atom is 0.225 e. The van der Waals surface area contributed by atoms with Gasteiger partial charge in [-0.3, -0.25) is 0 Å². The van der Waals surface area contributed by atoms with E-state index >= 15 is 0 Å². The van der Waals surface area contributed by atoms with Crippen LogP contribution in [0.1, 0.15) is 12.6 Å². The molecule has 0 bridgehead atoms. The molecule has 1 aromatic rings. The van der Waals surface area contributed by atoms with Gasteiger partial charge in [0.05, 0.1) is 13.2 Å². The summed E-state index contributed by atoms with van der Waals surface area (Å²) in [5.41, 5.74) is 6.70. The zero-order chi connectivity index (χ0) is 12.1. The molecule has 1 aromatic heterocycles. The molecule has 1 aliphatic rings. The van der Waals surface area contributed by atoms with Gasteiger partial charge in [-0.15, -0.1) is 0 Å². The zero-order valence-corrected chi connectivity index (χ0v) is 10.3. The Balaban J connectivity index is 2.05. The van der Waals surface area contributed by atoms with Crippen LogP contribution in [0, 0.1) is 5.92 Å². The lowest BCUT2D eigenvalue weighted by molar-refractivity contribution is 0.122. The molecule has 0 amide bonds. The smallest absolute Gasteiger partial charge is 0.225 e. The van der Waals surface area contributed by atoms with E-state index in [0.717, 1.165) is 44.4 Å². The minimum Gasteiger partial charge on any atom is -0.378 e. The van der Waals surface area contributed by atoms with Crippen LogP contribution >= 0.6 is 0 Å². The number of morpholine rings is 1. The minimum atomic E-state index is 0.461. The summed E-state index contributed by atoms with van der Waals surface area (Å²) in [7, 11) is 0. The van der Waals surface area contributed by atoms with E-state index in [1.165, 1.54) is 0 Å². The Morgan fingerprint density at radius 1 is 1.47 bits per heavy atom. The Morgan fingerprint density at radius 2 is 2.24 bits per heavy atom. The van der Waals surface area contributed by atoms with Crippen molar-refractivity contribution in [3.63, 3.8) is 0 Å². The molecule has 2 heterocycles. The minimum absolute atomic E-state index is 0.461. The molecular weight excluding hydrogens is 216 g/mol. The van der Waals surface area contributed by atoms with Crippen molar-refractivity contribution in [3.8, 4) is 0 Å². The molecule has 5 nitrogen and oxygen atoms in total. The molecule has 1 atom stereocenters. The maximum atomic E-state index is 5.63. The number of ether oxygens (including phenoxy) is 1. The first-order chi connectivity index (χ1) is 8.29. The van der Waals surface area contributed by atoms with Crippen LogP contribution in [0.4, 0.5) is 5.95 Å². The summed E-state index contributed by atoms with van der Waals surface area (Å²) in [6, 6.07) is 1.97. The van der Waals surface area contributed by atoms with Gasteiger partial charge in [0.2, 0.25) is 5.95 Å². The van der Waals surface area contributed by atoms with E-state index in [9.17, 15) is 0 Å². The number of anilines is 1. The highest BCUT2D eigenvalue weighted by molar-refractivity contribution is 5.30. The summed E-state index contributed by atoms with van der Waals surface area (Å²) in [5.74, 6) is 1.28. The zero-order valence-electron chi connectivity index (χ0n) is 10.3. The number of hydrogen-bond donors (Lipinski definition) is 1. The summed E-state index contributed by atoms with van der Waals surface area (Å²) in [5, 5.41) is 0. The Kier molecular flexibility index (Phi) is 4.28. The third kappa shape index (κ3) is 3.38. The third-order valence-electron chi connectivity index (χ3n) is 2.95. The monoisotopic (exact) mass is 236 g/mol. The van der Waals surface area contributed by atoms with Crippen LogP contribution in [-0.2, 0) is 11.2 Å². The molecule has 5 heteroatoms. The van der Waals surface area contributed by atoms with Gasteiger partial charge in [-0.1, -0.05) is 6.92 Å². The van der Waals surface area contributed by atoms with Crippen molar-refractivity contribution >= 4 is 5.95 Å². The largest absolute Gasteiger partial charge is 0.378 e. The van der Waals surface area contributed by atoms with Crippen LogP contribution in [0.15, 0.2) is 12.3 Å². The summed E-state index contributed by atoms with van der Waals surface area (Å²) in [6.07, 6.45) is 2.74. The van der Waals surface area contributed by atoms with Crippen molar-refractivity contribution < 1.29 is 4.74 Å². The van der Waals surface area contributed by atoms with E-state index in [-0.39, 0.29) is 0 Å². The van der Waals surface area contributed by atoms with E-state index in [4.69, 9.17) is 10.5 Å². The predicted octanol–water partition coefficient (Wildman–Crippen LogP) is 0.450. The van der Waals surface area contributed by atoms with Crippen LogP contribution in [-0.4, -0.2) is 42.8 Å². The average molecular weight is 236 g/mol. The third-order valence-corrected chi connectivity index (χ3v) is 2.95. The number of aromatic nitrogens is 2. The van der Waals surface area contributed by atoms with Crippen LogP contribution in [0.25, 0.3) is 0 Å². The van der Waals surface area contributed by atoms with E-state index in [2.05, 4.69) is 21.8 Å². The van der Waals surface area contributed by atoms with Gasteiger partial charge in [-0.2, -0.15) is 0 Å². The van der Waals surface area contributed by atoms with Gasteiger partial charge < -0.3 is 15.4 Å². The van der Waals surface area contributed by atoms with Crippen molar-refractivity contribution in [2.24, 2.45) is 11.7 Å². The Hall–Kier alpha value is -1.20. The fourth-order valence-corrected chi connectivity index (χ4v) is 1.85. The summed E-state index contributed by atoms with van der Waals surface area (Å²) in [4.78, 5) is 11.1. The molecule has 0 aliphatic carbocycles. The second-order valence-electron chi connectivity index (χ2n) is 4.49. The molecule has 1 saturated heterocycles. The Bertz CT molecular complexity index is 352. The van der Waals surface area contributed by atoms with Crippen molar-refractivity contribution in [1.29, 1.82) is 0 Å². The lowest BCUT2D eigenvalue weighted by Crippen LogP contribution is -2.37. The van der Waals surface area contributed by atoms with Crippen LogP contribution in [0.3, 0.4) is 0 Å². The number of hydrogen-bond acceptors (Lipinski definition) is 5. The van der Waals surface area contributed by atoms with Gasteiger partial charge >= 0.3 is 0 Å². The summed E-state index contributed by atoms with van der Waals surface area (Å²) >= 11 is 0. The summed E-state index contributed by atoms with van der Waals surface area (Å²) in [6.45, 7) is 6.08. The topological polar surface area (TPSA) is 64.3 Å². The number of nitrogens with two attached hydrogens (primary N) is 1. The quantitative estimate of drug-likeness (QED) is 0.822. The fourth-order valence-electron chi connectivity index (χ4n) is 1.85. The maximum absolute atomic E-state index is 5.63. The average Bonchev–Trinajstić information content (AvgIpc) is 2.40. The van der Waals surface area contributed by atoms with Gasteiger partial charge in [0.1, 0.15) is 0 Å². The molecule has 1 fully saturated rings. The first-order valence-corrected chi connectivity index (χ1v) is 6.14. The highest BCUT2D eigenvalue weighted by Crippen LogP contribution is 2.12. The predicted molar refractivity (Wildman–Crippen MR) is 67.0 cm³/mol. The lowest BCUT2D eigenvalue weighted by Gasteiger charge is -2.26. The van der Waals surface area contributed by atoms with E-state index in [1.54, 1.807) is 0 Å². The molecule has 0 radical (unpaired) electrons. The van der Waals surface area contributed by atoms with Gasteiger partial charge in [0, 0.05) is 25.0 Å². The van der Waals surface area contributed by atoms with Crippen molar-refractivity contribution in [2.75, 3.05) is 37.7 Å². The Morgan fingerprint density at radius 3 is 2.94 bits per heavy atom. The van der Waals surface area contributed by atoms with Gasteiger partial charge in [-0.25, -0.2) is 9.97 Å². The molecular formula is C12H20N4O. The summed E-state index contributed by atoms with van der Waals surface area (Å²) < 4.78 is 5.32. The first kappa shape index (κ1) is 12.3. The second-order valence-corrected chi connectivity index (χ2v) is 4.49. The number of rotatable bonds is 4. The highest BCUT2D eigenvalue weighted by atomic mass is 16.5. The molecule has 94 valence electrons. The van der Waals surface area contributed by atoms with E-state index in [1.807, 2.05) is 12.3 Å². The highest BCUT2D eigenvalue weighted by Gasteiger charge is 2.14. The first-order valence-electron chi connectivity index (χ1n) is 6.14. The molecule has 1 unspecified atom stereocenters. The number of nitrogens with zero attached hydrogens (tertiary/aromatic N) is 3. The molecule has 0 saturated carbocycles. The fraction of sp³-hybridized carbons (Fsp3) is 0.667. The second kappa shape index (κ2) is 5.93. The van der Waals surface area contributed by atoms with Crippen LogP contribution in [0.5, 0.6) is 0 Å². The van der Waals surface area contributed by atoms with Crippen LogP contribution in [0.2, 0.25) is 0 Å². The van der Waals surface area contributed by atoms with E-state index < -0.39 is 0 Å². The normalized spacial score (nSPS) is 18.1. The standard InChI is InChI=1S/C12H20N4O/c1-10(9-13)8-11-2-3-14-12(15-11)16-4-6-17-7-5-16/h2-3,10H,4-9,13H2,1H3. The van der Waals surface area contributed by atoms with Crippen molar-refractivity contribution in [1.82, 2.24) is 9.97 Å². The molecule has 0 spiro atoms. The SMILES string of the molecule is CC(CN)Cc1ccnc(N2CCOCC2)n1. The van der Waals surface area contributed by atoms with E-state index in [0.29, 0.717) is 12.5 Å². The van der Waals surface area contributed by atoms with Crippen LogP contribution < -0.4 is 10.6 Å². The lowest BCUT2D eigenvalue weighted by atomic mass is 10.1. The molecule has 2 N–H and O–H groups in total. The molecule has 1 aliphatic heterocycles. The van der Waals surface area contributed by atoms with Crippen molar-refractivity contribution in [3.05, 3.63) is 18.0 Å².